The van der Waals surface area contributed by atoms with Crippen molar-refractivity contribution in [3.8, 4) is 0 Å². The third-order valence-electron chi connectivity index (χ3n) is 3.97. The van der Waals surface area contributed by atoms with Gasteiger partial charge in [0.25, 0.3) is 5.91 Å². The van der Waals surface area contributed by atoms with Crippen LogP contribution in [0.2, 0.25) is 0 Å². The molecular weight excluding hydrogens is 240 g/mol. The van der Waals surface area contributed by atoms with E-state index >= 15 is 0 Å². The Hall–Kier alpha value is -1.62. The number of hydrogen-bond donors (Lipinski definition) is 2. The van der Waals surface area contributed by atoms with Crippen molar-refractivity contribution in [2.24, 2.45) is 17.4 Å². The Morgan fingerprint density at radius 2 is 2.11 bits per heavy atom. The number of nitrogens with zero attached hydrogens (tertiary/aromatic N) is 2. The van der Waals surface area contributed by atoms with Crippen molar-refractivity contribution < 1.29 is 4.79 Å². The Balaban J connectivity index is 2.20. The lowest BCUT2D eigenvalue weighted by Crippen LogP contribution is -2.41. The maximum atomic E-state index is 11.6. The zero-order valence-corrected chi connectivity index (χ0v) is 11.6. The average Bonchev–Trinajstić information content (AvgIpc) is 2.38. The molecule has 2 rings (SSSR count). The van der Waals surface area contributed by atoms with Crippen molar-refractivity contribution >= 4 is 11.7 Å². The Kier molecular flexibility index (Phi) is 4.04. The van der Waals surface area contributed by atoms with Crippen molar-refractivity contribution in [1.82, 2.24) is 4.98 Å². The summed E-state index contributed by atoms with van der Waals surface area (Å²) < 4.78 is 0. The molecule has 1 fully saturated rings. The van der Waals surface area contributed by atoms with Crippen molar-refractivity contribution in [2.75, 3.05) is 18.0 Å². The van der Waals surface area contributed by atoms with E-state index in [2.05, 4.69) is 16.8 Å². The molecule has 0 radical (unpaired) electrons. The zero-order valence-electron chi connectivity index (χ0n) is 11.6. The Bertz CT molecular complexity index is 465. The van der Waals surface area contributed by atoms with E-state index in [0.717, 1.165) is 37.3 Å². The SMILES string of the molecule is Cc1ccnc(N2CCC(C(C)N)CC2)c1C(N)=O. The smallest absolute Gasteiger partial charge is 0.252 e. The lowest BCUT2D eigenvalue weighted by molar-refractivity contribution is 0.0999. The van der Waals surface area contributed by atoms with Crippen LogP contribution in [0.4, 0.5) is 5.82 Å². The molecule has 1 aromatic rings. The molecule has 1 atom stereocenters. The first kappa shape index (κ1) is 13.8. The van der Waals surface area contributed by atoms with E-state index in [0.29, 0.717) is 11.5 Å². The van der Waals surface area contributed by atoms with Crippen LogP contribution in [0.15, 0.2) is 12.3 Å². The number of anilines is 1. The summed E-state index contributed by atoms with van der Waals surface area (Å²) in [6.45, 7) is 5.70. The van der Waals surface area contributed by atoms with Gasteiger partial charge < -0.3 is 16.4 Å². The number of piperidine rings is 1. The summed E-state index contributed by atoms with van der Waals surface area (Å²) in [6, 6.07) is 2.04. The molecule has 0 spiro atoms. The minimum atomic E-state index is -0.407. The highest BCUT2D eigenvalue weighted by Gasteiger charge is 2.25. The van der Waals surface area contributed by atoms with Gasteiger partial charge >= 0.3 is 0 Å². The summed E-state index contributed by atoms with van der Waals surface area (Å²) in [4.78, 5) is 18.1. The molecule has 0 saturated carbocycles. The predicted octanol–water partition coefficient (Wildman–Crippen LogP) is 1.05. The third-order valence-corrected chi connectivity index (χ3v) is 3.97. The van der Waals surface area contributed by atoms with Crippen molar-refractivity contribution in [3.63, 3.8) is 0 Å². The molecule has 0 aromatic carbocycles. The van der Waals surface area contributed by atoms with Crippen LogP contribution in [-0.4, -0.2) is 30.0 Å². The van der Waals surface area contributed by atoms with Crippen LogP contribution in [0.3, 0.4) is 0 Å². The number of nitrogens with two attached hydrogens (primary N) is 2. The minimum Gasteiger partial charge on any atom is -0.365 e. The highest BCUT2D eigenvalue weighted by molar-refractivity contribution is 5.99. The summed E-state index contributed by atoms with van der Waals surface area (Å²) in [5.41, 5.74) is 12.8. The molecule has 0 aliphatic carbocycles. The van der Waals surface area contributed by atoms with E-state index in [-0.39, 0.29) is 6.04 Å². The number of carbonyl (C=O) groups is 1. The molecule has 5 heteroatoms. The first-order chi connectivity index (χ1) is 9.00. The summed E-state index contributed by atoms with van der Waals surface area (Å²) >= 11 is 0. The molecule has 104 valence electrons. The Labute approximate surface area is 114 Å². The first-order valence-electron chi connectivity index (χ1n) is 6.76. The molecule has 2 heterocycles. The molecule has 4 N–H and O–H groups in total. The van der Waals surface area contributed by atoms with E-state index in [1.165, 1.54) is 0 Å². The highest BCUT2D eigenvalue weighted by atomic mass is 16.1. The van der Waals surface area contributed by atoms with Gasteiger partial charge in [0.15, 0.2) is 0 Å². The second-order valence-electron chi connectivity index (χ2n) is 5.37. The molecule has 1 aliphatic heterocycles. The molecule has 1 saturated heterocycles. The van der Waals surface area contributed by atoms with Crippen LogP contribution in [-0.2, 0) is 0 Å². The number of hydrogen-bond acceptors (Lipinski definition) is 4. The molecule has 1 aliphatic rings. The molecule has 1 amide bonds. The van der Waals surface area contributed by atoms with E-state index in [1.54, 1.807) is 6.20 Å². The second-order valence-corrected chi connectivity index (χ2v) is 5.37. The van der Waals surface area contributed by atoms with Crippen LogP contribution < -0.4 is 16.4 Å². The molecular formula is C14H22N4O. The summed E-state index contributed by atoms with van der Waals surface area (Å²) in [6.07, 6.45) is 3.80. The first-order valence-corrected chi connectivity index (χ1v) is 6.76. The maximum absolute atomic E-state index is 11.6. The largest absolute Gasteiger partial charge is 0.365 e. The van der Waals surface area contributed by atoms with Gasteiger partial charge in [-0.05, 0) is 44.2 Å². The minimum absolute atomic E-state index is 0.225. The van der Waals surface area contributed by atoms with Crippen molar-refractivity contribution in [1.29, 1.82) is 0 Å². The van der Waals surface area contributed by atoms with Crippen LogP contribution in [0, 0.1) is 12.8 Å². The normalized spacial score (nSPS) is 18.4. The van der Waals surface area contributed by atoms with E-state index < -0.39 is 5.91 Å². The predicted molar refractivity (Wildman–Crippen MR) is 76.1 cm³/mol. The lowest BCUT2D eigenvalue weighted by Gasteiger charge is -2.35. The van der Waals surface area contributed by atoms with Gasteiger partial charge in [0, 0.05) is 25.3 Å². The van der Waals surface area contributed by atoms with Gasteiger partial charge in [0.1, 0.15) is 5.82 Å². The van der Waals surface area contributed by atoms with Crippen LogP contribution in [0.25, 0.3) is 0 Å². The van der Waals surface area contributed by atoms with Crippen LogP contribution in [0.5, 0.6) is 0 Å². The van der Waals surface area contributed by atoms with E-state index in [9.17, 15) is 4.79 Å². The number of aryl methyl sites for hydroxylation is 1. The van der Waals surface area contributed by atoms with Gasteiger partial charge in [-0.2, -0.15) is 0 Å². The molecule has 19 heavy (non-hydrogen) atoms. The fourth-order valence-electron chi connectivity index (χ4n) is 2.73. The van der Waals surface area contributed by atoms with Crippen LogP contribution in [0.1, 0.15) is 35.7 Å². The second kappa shape index (κ2) is 5.57. The van der Waals surface area contributed by atoms with Crippen LogP contribution >= 0.6 is 0 Å². The van der Waals surface area contributed by atoms with Gasteiger partial charge in [0.05, 0.1) is 5.56 Å². The molecule has 1 unspecified atom stereocenters. The van der Waals surface area contributed by atoms with Gasteiger partial charge in [0.2, 0.25) is 0 Å². The standard InChI is InChI=1S/C14H22N4O/c1-9-3-6-17-14(12(9)13(16)19)18-7-4-11(5-8-18)10(2)15/h3,6,10-11H,4-5,7-8,15H2,1-2H3,(H2,16,19). The zero-order chi connectivity index (χ0) is 14.0. The fraction of sp³-hybridized carbons (Fsp3) is 0.571. The number of rotatable bonds is 3. The number of primary amides is 1. The Morgan fingerprint density at radius 1 is 1.47 bits per heavy atom. The summed E-state index contributed by atoms with van der Waals surface area (Å²) in [5.74, 6) is 0.864. The number of amides is 1. The van der Waals surface area contributed by atoms with Crippen molar-refractivity contribution in [2.45, 2.75) is 32.7 Å². The van der Waals surface area contributed by atoms with E-state index in [4.69, 9.17) is 11.5 Å². The number of carbonyl (C=O) groups excluding carboxylic acids is 1. The number of pyridine rings is 1. The van der Waals surface area contributed by atoms with E-state index in [1.807, 2.05) is 13.0 Å². The van der Waals surface area contributed by atoms with Gasteiger partial charge in [-0.15, -0.1) is 0 Å². The third kappa shape index (κ3) is 2.87. The highest BCUT2D eigenvalue weighted by Crippen LogP contribution is 2.26. The number of aromatic nitrogens is 1. The molecule has 5 nitrogen and oxygen atoms in total. The molecule has 1 aromatic heterocycles. The Morgan fingerprint density at radius 3 is 2.63 bits per heavy atom. The quantitative estimate of drug-likeness (QED) is 0.852. The van der Waals surface area contributed by atoms with Gasteiger partial charge in [-0.1, -0.05) is 0 Å². The monoisotopic (exact) mass is 262 g/mol. The summed E-state index contributed by atoms with van der Waals surface area (Å²) in [7, 11) is 0. The average molecular weight is 262 g/mol. The fourth-order valence-corrected chi connectivity index (χ4v) is 2.73. The van der Waals surface area contributed by atoms with Crippen molar-refractivity contribution in [3.05, 3.63) is 23.4 Å². The topological polar surface area (TPSA) is 85.2 Å². The van der Waals surface area contributed by atoms with Gasteiger partial charge in [-0.3, -0.25) is 4.79 Å². The lowest BCUT2D eigenvalue weighted by atomic mass is 9.90. The summed E-state index contributed by atoms with van der Waals surface area (Å²) in [5, 5.41) is 0. The van der Waals surface area contributed by atoms with Gasteiger partial charge in [-0.25, -0.2) is 4.98 Å². The maximum Gasteiger partial charge on any atom is 0.252 e. The molecule has 0 bridgehead atoms.